The maximum atomic E-state index is 10.9. The first-order valence-electron chi connectivity index (χ1n) is 6.76. The third-order valence-corrected chi connectivity index (χ3v) is 3.05. The monoisotopic (exact) mass is 316 g/mol. The first-order chi connectivity index (χ1) is 10.9. The van der Waals surface area contributed by atoms with E-state index in [1.165, 1.54) is 55.5 Å². The average molecular weight is 316 g/mol. The van der Waals surface area contributed by atoms with Crippen LogP contribution in [0.4, 0.5) is 0 Å². The number of hydrogen-bond acceptors (Lipinski definition) is 6. The molecule has 0 radical (unpaired) electrons. The summed E-state index contributed by atoms with van der Waals surface area (Å²) in [7, 11) is 0. The summed E-state index contributed by atoms with van der Waals surface area (Å²) in [4.78, 5) is 10.9. The molecule has 2 aromatic carbocycles. The molecule has 0 fully saturated rings. The van der Waals surface area contributed by atoms with Crippen LogP contribution in [0.5, 0.6) is 23.0 Å². The summed E-state index contributed by atoms with van der Waals surface area (Å²) in [6.45, 7) is 1.24. The van der Waals surface area contributed by atoms with Crippen molar-refractivity contribution in [3.63, 3.8) is 0 Å². The Hall–Kier alpha value is -2.99. The molecule has 1 atom stereocenters. The predicted molar refractivity (Wildman–Crippen MR) is 83.2 cm³/mol. The normalized spacial score (nSPS) is 12.3. The summed E-state index contributed by atoms with van der Waals surface area (Å²) >= 11 is 0. The van der Waals surface area contributed by atoms with Crippen LogP contribution in [-0.4, -0.2) is 26.4 Å². The van der Waals surface area contributed by atoms with Crippen LogP contribution in [-0.2, 0) is 4.79 Å². The molecule has 23 heavy (non-hydrogen) atoms. The van der Waals surface area contributed by atoms with Crippen molar-refractivity contribution >= 4 is 12.0 Å². The lowest BCUT2D eigenvalue weighted by atomic mass is 10.1. The maximum absolute atomic E-state index is 10.9. The van der Waals surface area contributed by atoms with Gasteiger partial charge < -0.3 is 25.2 Å². The van der Waals surface area contributed by atoms with Gasteiger partial charge in [0.15, 0.2) is 0 Å². The number of esters is 1. The van der Waals surface area contributed by atoms with Gasteiger partial charge in [0.1, 0.15) is 29.1 Å². The SMILES string of the molecule is CC(=O)Oc1ccc(C(O)C=Cc2ccc(O)cc2O)c(O)c1. The summed E-state index contributed by atoms with van der Waals surface area (Å²) in [6.07, 6.45) is 1.69. The smallest absolute Gasteiger partial charge is 0.308 e. The molecular formula is C17H16O6. The zero-order valence-corrected chi connectivity index (χ0v) is 12.3. The second-order valence-corrected chi connectivity index (χ2v) is 4.86. The topological polar surface area (TPSA) is 107 Å². The largest absolute Gasteiger partial charge is 0.508 e. The number of carbonyl (C=O) groups excluding carboxylic acids is 1. The van der Waals surface area contributed by atoms with E-state index in [1.807, 2.05) is 0 Å². The molecule has 6 heteroatoms. The Balaban J connectivity index is 2.18. The number of aliphatic hydroxyl groups excluding tert-OH is 1. The first kappa shape index (κ1) is 16.4. The van der Waals surface area contributed by atoms with Crippen LogP contribution < -0.4 is 4.74 Å². The number of phenols is 3. The third-order valence-electron chi connectivity index (χ3n) is 3.05. The van der Waals surface area contributed by atoms with Crippen molar-refractivity contribution in [2.24, 2.45) is 0 Å². The Labute approximate surface area is 132 Å². The number of benzene rings is 2. The Bertz CT molecular complexity index is 751. The van der Waals surface area contributed by atoms with Gasteiger partial charge in [-0.25, -0.2) is 0 Å². The molecule has 1 unspecified atom stereocenters. The van der Waals surface area contributed by atoms with E-state index >= 15 is 0 Å². The molecule has 0 aromatic heterocycles. The number of carbonyl (C=O) groups is 1. The molecule has 0 amide bonds. The number of phenolic OH excluding ortho intramolecular Hbond substituents is 3. The minimum atomic E-state index is -1.13. The van der Waals surface area contributed by atoms with Crippen LogP contribution in [0, 0.1) is 0 Å². The van der Waals surface area contributed by atoms with E-state index in [0.717, 1.165) is 0 Å². The molecular weight excluding hydrogens is 300 g/mol. The number of rotatable bonds is 4. The first-order valence-corrected chi connectivity index (χ1v) is 6.76. The molecule has 120 valence electrons. The van der Waals surface area contributed by atoms with Crippen LogP contribution in [0.25, 0.3) is 6.08 Å². The van der Waals surface area contributed by atoms with Crippen LogP contribution >= 0.6 is 0 Å². The number of ether oxygens (including phenoxy) is 1. The minimum Gasteiger partial charge on any atom is -0.508 e. The third kappa shape index (κ3) is 4.24. The highest BCUT2D eigenvalue weighted by molar-refractivity contribution is 5.69. The second-order valence-electron chi connectivity index (χ2n) is 4.86. The van der Waals surface area contributed by atoms with Crippen LogP contribution in [0.15, 0.2) is 42.5 Å². The fraction of sp³-hybridized carbons (Fsp3) is 0.118. The summed E-state index contributed by atoms with van der Waals surface area (Å²) in [5.74, 6) is -0.774. The highest BCUT2D eigenvalue weighted by Crippen LogP contribution is 2.30. The summed E-state index contributed by atoms with van der Waals surface area (Å²) in [6, 6.07) is 8.17. The molecule has 4 N–H and O–H groups in total. The Morgan fingerprint density at radius 2 is 1.83 bits per heavy atom. The van der Waals surface area contributed by atoms with Gasteiger partial charge in [-0.15, -0.1) is 0 Å². The van der Waals surface area contributed by atoms with Crippen molar-refractivity contribution in [1.82, 2.24) is 0 Å². The van der Waals surface area contributed by atoms with E-state index in [-0.39, 0.29) is 28.6 Å². The van der Waals surface area contributed by atoms with Gasteiger partial charge >= 0.3 is 5.97 Å². The van der Waals surface area contributed by atoms with Crippen molar-refractivity contribution in [3.8, 4) is 23.0 Å². The molecule has 2 rings (SSSR count). The Morgan fingerprint density at radius 1 is 1.09 bits per heavy atom. The number of aliphatic hydroxyl groups is 1. The van der Waals surface area contributed by atoms with Crippen LogP contribution in [0.1, 0.15) is 24.2 Å². The van der Waals surface area contributed by atoms with Crippen molar-refractivity contribution in [3.05, 3.63) is 53.6 Å². The lowest BCUT2D eigenvalue weighted by molar-refractivity contribution is -0.131. The summed E-state index contributed by atoms with van der Waals surface area (Å²) in [5, 5.41) is 38.9. The van der Waals surface area contributed by atoms with Gasteiger partial charge in [0.2, 0.25) is 0 Å². The van der Waals surface area contributed by atoms with E-state index in [4.69, 9.17) is 4.74 Å². The van der Waals surface area contributed by atoms with E-state index < -0.39 is 12.1 Å². The standard InChI is InChI=1S/C17H16O6/c1-10(18)23-13-5-6-14(17(22)9-13)15(20)7-3-11-2-4-12(19)8-16(11)21/h2-9,15,19-22H,1H3. The van der Waals surface area contributed by atoms with E-state index in [0.29, 0.717) is 5.56 Å². The summed E-state index contributed by atoms with van der Waals surface area (Å²) < 4.78 is 4.83. The second kappa shape index (κ2) is 6.85. The van der Waals surface area contributed by atoms with Gasteiger partial charge in [-0.05, 0) is 24.3 Å². The van der Waals surface area contributed by atoms with Gasteiger partial charge in [-0.1, -0.05) is 12.2 Å². The maximum Gasteiger partial charge on any atom is 0.308 e. The minimum absolute atomic E-state index is 0.0705. The lowest BCUT2D eigenvalue weighted by Crippen LogP contribution is -2.02. The van der Waals surface area contributed by atoms with Crippen LogP contribution in [0.2, 0.25) is 0 Å². The highest BCUT2D eigenvalue weighted by Gasteiger charge is 2.11. The molecule has 6 nitrogen and oxygen atoms in total. The van der Waals surface area contributed by atoms with Gasteiger partial charge in [0, 0.05) is 30.2 Å². The van der Waals surface area contributed by atoms with Gasteiger partial charge in [0.05, 0.1) is 0 Å². The van der Waals surface area contributed by atoms with Gasteiger partial charge in [-0.3, -0.25) is 4.79 Å². The molecule has 2 aromatic rings. The molecule has 0 saturated carbocycles. The fourth-order valence-corrected chi connectivity index (χ4v) is 1.97. The number of hydrogen-bond donors (Lipinski definition) is 4. The van der Waals surface area contributed by atoms with E-state index in [1.54, 1.807) is 0 Å². The number of aromatic hydroxyl groups is 3. The zero-order chi connectivity index (χ0) is 17.0. The average Bonchev–Trinajstić information content (AvgIpc) is 2.45. The van der Waals surface area contributed by atoms with Crippen molar-refractivity contribution in [2.45, 2.75) is 13.0 Å². The quantitative estimate of drug-likeness (QED) is 0.510. The molecule has 0 saturated heterocycles. The Morgan fingerprint density at radius 3 is 2.43 bits per heavy atom. The molecule has 0 aliphatic rings. The van der Waals surface area contributed by atoms with Crippen molar-refractivity contribution < 1.29 is 30.0 Å². The Kier molecular flexibility index (Phi) is 4.88. The predicted octanol–water partition coefficient (Wildman–Crippen LogP) is 2.48. The van der Waals surface area contributed by atoms with Gasteiger partial charge in [0.25, 0.3) is 0 Å². The molecule has 0 aliphatic heterocycles. The van der Waals surface area contributed by atoms with Crippen molar-refractivity contribution in [1.29, 1.82) is 0 Å². The van der Waals surface area contributed by atoms with E-state index in [2.05, 4.69) is 0 Å². The zero-order valence-electron chi connectivity index (χ0n) is 12.3. The van der Waals surface area contributed by atoms with E-state index in [9.17, 15) is 25.2 Å². The van der Waals surface area contributed by atoms with Gasteiger partial charge in [-0.2, -0.15) is 0 Å². The molecule has 0 spiro atoms. The molecule has 0 bridgehead atoms. The summed E-state index contributed by atoms with van der Waals surface area (Å²) in [5.41, 5.74) is 0.619. The van der Waals surface area contributed by atoms with Crippen LogP contribution in [0.3, 0.4) is 0 Å². The highest BCUT2D eigenvalue weighted by atomic mass is 16.5. The van der Waals surface area contributed by atoms with Crippen molar-refractivity contribution in [2.75, 3.05) is 0 Å². The molecule has 0 heterocycles. The molecule has 0 aliphatic carbocycles. The lowest BCUT2D eigenvalue weighted by Gasteiger charge is -2.10. The fourth-order valence-electron chi connectivity index (χ4n) is 1.97.